The molecule has 2 rings (SSSR count). The summed E-state index contributed by atoms with van der Waals surface area (Å²) in [7, 11) is 0. The van der Waals surface area contributed by atoms with Crippen molar-refractivity contribution in [1.82, 2.24) is 5.32 Å². The fourth-order valence-electron chi connectivity index (χ4n) is 1.82. The third-order valence-corrected chi connectivity index (χ3v) is 3.14. The molecule has 0 spiro atoms. The fourth-order valence-corrected chi connectivity index (χ4v) is 1.82. The summed E-state index contributed by atoms with van der Waals surface area (Å²) in [6, 6.07) is 7.46. The number of aryl methyl sites for hydroxylation is 1. The van der Waals surface area contributed by atoms with Crippen molar-refractivity contribution < 1.29 is 9.90 Å². The molecule has 1 fully saturated rings. The monoisotopic (exact) mass is 233 g/mol. The number of benzene rings is 1. The number of carbonyl (C=O) groups excluding carboxylic acids is 1. The summed E-state index contributed by atoms with van der Waals surface area (Å²) in [6.07, 6.45) is 3.96. The van der Waals surface area contributed by atoms with E-state index in [2.05, 4.69) is 5.32 Å². The zero-order valence-corrected chi connectivity index (χ0v) is 10.1. The molecule has 3 heteroatoms. The van der Waals surface area contributed by atoms with Gasteiger partial charge in [0.1, 0.15) is 5.75 Å². The van der Waals surface area contributed by atoms with Gasteiger partial charge in [0.15, 0.2) is 0 Å². The van der Waals surface area contributed by atoms with Gasteiger partial charge in [-0.2, -0.15) is 0 Å². The number of phenols is 1. The Labute approximate surface area is 102 Å². The first-order valence-corrected chi connectivity index (χ1v) is 6.23. The zero-order chi connectivity index (χ0) is 12.3. The maximum atomic E-state index is 11.5. The fraction of sp³-hybridized carbons (Fsp3) is 0.500. The van der Waals surface area contributed by atoms with Crippen LogP contribution in [0.25, 0.3) is 0 Å². The minimum absolute atomic E-state index is 0.211. The lowest BCUT2D eigenvalue weighted by Crippen LogP contribution is -2.33. The van der Waals surface area contributed by atoms with Gasteiger partial charge in [0.2, 0.25) is 5.91 Å². The van der Waals surface area contributed by atoms with Gasteiger partial charge in [-0.3, -0.25) is 4.79 Å². The molecule has 1 unspecified atom stereocenters. The van der Waals surface area contributed by atoms with E-state index in [1.165, 1.54) is 5.56 Å². The van der Waals surface area contributed by atoms with Gasteiger partial charge in [-0.1, -0.05) is 12.1 Å². The van der Waals surface area contributed by atoms with E-state index in [0.717, 1.165) is 25.7 Å². The number of aromatic hydroxyl groups is 1. The maximum absolute atomic E-state index is 11.5. The number of rotatable bonds is 5. The van der Waals surface area contributed by atoms with Crippen molar-refractivity contribution in [2.45, 2.75) is 38.6 Å². The van der Waals surface area contributed by atoms with E-state index in [1.807, 2.05) is 19.1 Å². The molecule has 3 nitrogen and oxygen atoms in total. The van der Waals surface area contributed by atoms with Crippen molar-refractivity contribution in [2.75, 3.05) is 0 Å². The molecule has 0 aliphatic heterocycles. The van der Waals surface area contributed by atoms with Crippen LogP contribution in [-0.4, -0.2) is 17.1 Å². The van der Waals surface area contributed by atoms with Crippen molar-refractivity contribution >= 4 is 5.91 Å². The summed E-state index contributed by atoms with van der Waals surface area (Å²) in [4.78, 5) is 11.5. The molecule has 92 valence electrons. The van der Waals surface area contributed by atoms with Crippen molar-refractivity contribution in [3.8, 4) is 5.75 Å². The second-order valence-electron chi connectivity index (χ2n) is 4.89. The molecule has 0 heterocycles. The Bertz CT molecular complexity index is 382. The number of hydrogen-bond donors (Lipinski definition) is 2. The summed E-state index contributed by atoms with van der Waals surface area (Å²) in [5.41, 5.74) is 1.19. The molecule has 1 amide bonds. The highest BCUT2D eigenvalue weighted by molar-refractivity contribution is 5.81. The molecule has 2 N–H and O–H groups in total. The molecule has 1 atom stereocenters. The van der Waals surface area contributed by atoms with E-state index in [1.54, 1.807) is 12.1 Å². The van der Waals surface area contributed by atoms with E-state index >= 15 is 0 Å². The minimum atomic E-state index is 0.211. The van der Waals surface area contributed by atoms with E-state index in [9.17, 15) is 4.79 Å². The van der Waals surface area contributed by atoms with Crippen LogP contribution < -0.4 is 5.32 Å². The first-order valence-electron chi connectivity index (χ1n) is 6.23. The maximum Gasteiger partial charge on any atom is 0.223 e. The summed E-state index contributed by atoms with van der Waals surface area (Å²) < 4.78 is 0. The molecular weight excluding hydrogens is 214 g/mol. The van der Waals surface area contributed by atoms with Crippen LogP contribution in [0.15, 0.2) is 24.3 Å². The van der Waals surface area contributed by atoms with Crippen LogP contribution >= 0.6 is 0 Å². The van der Waals surface area contributed by atoms with Crippen LogP contribution in [-0.2, 0) is 11.2 Å². The standard InChI is InChI=1S/C14H19NO2/c1-10(15-14(17)12-6-7-12)2-3-11-4-8-13(16)9-5-11/h4-5,8-10,12,16H,2-3,6-7H2,1H3,(H,15,17). The van der Waals surface area contributed by atoms with Gasteiger partial charge in [0, 0.05) is 12.0 Å². The van der Waals surface area contributed by atoms with Crippen LogP contribution in [0, 0.1) is 5.92 Å². The Kier molecular flexibility index (Phi) is 3.67. The third kappa shape index (κ3) is 3.77. The van der Waals surface area contributed by atoms with Gasteiger partial charge in [-0.15, -0.1) is 0 Å². The van der Waals surface area contributed by atoms with Crippen molar-refractivity contribution in [1.29, 1.82) is 0 Å². The Hall–Kier alpha value is -1.51. The van der Waals surface area contributed by atoms with E-state index in [0.29, 0.717) is 5.75 Å². The van der Waals surface area contributed by atoms with Gasteiger partial charge in [0.25, 0.3) is 0 Å². The van der Waals surface area contributed by atoms with Crippen LogP contribution in [0.1, 0.15) is 31.7 Å². The molecule has 1 saturated carbocycles. The van der Waals surface area contributed by atoms with Gasteiger partial charge in [-0.25, -0.2) is 0 Å². The molecule has 0 radical (unpaired) electrons. The molecule has 0 saturated heterocycles. The third-order valence-electron chi connectivity index (χ3n) is 3.14. The molecule has 1 aliphatic carbocycles. The van der Waals surface area contributed by atoms with Crippen molar-refractivity contribution in [2.24, 2.45) is 5.92 Å². The first kappa shape index (κ1) is 12.0. The molecule has 1 aliphatic rings. The number of phenolic OH excluding ortho intramolecular Hbond substituents is 1. The molecule has 17 heavy (non-hydrogen) atoms. The topological polar surface area (TPSA) is 49.3 Å². The quantitative estimate of drug-likeness (QED) is 0.819. The largest absolute Gasteiger partial charge is 0.508 e. The Balaban J connectivity index is 1.73. The van der Waals surface area contributed by atoms with Crippen molar-refractivity contribution in [3.63, 3.8) is 0 Å². The molecular formula is C14H19NO2. The number of hydrogen-bond acceptors (Lipinski definition) is 2. The molecule has 0 bridgehead atoms. The van der Waals surface area contributed by atoms with Gasteiger partial charge in [-0.05, 0) is 50.3 Å². The smallest absolute Gasteiger partial charge is 0.223 e. The Morgan fingerprint density at radius 1 is 1.41 bits per heavy atom. The highest BCUT2D eigenvalue weighted by atomic mass is 16.3. The predicted octanol–water partition coefficient (Wildman–Crippen LogP) is 2.24. The second-order valence-corrected chi connectivity index (χ2v) is 4.89. The average molecular weight is 233 g/mol. The van der Waals surface area contributed by atoms with Crippen LogP contribution in [0.5, 0.6) is 5.75 Å². The molecule has 1 aromatic rings. The Morgan fingerprint density at radius 2 is 2.06 bits per heavy atom. The lowest BCUT2D eigenvalue weighted by atomic mass is 10.1. The number of nitrogens with one attached hydrogen (secondary N) is 1. The number of amides is 1. The van der Waals surface area contributed by atoms with Crippen LogP contribution in [0.4, 0.5) is 0 Å². The lowest BCUT2D eigenvalue weighted by molar-refractivity contribution is -0.122. The normalized spacial score (nSPS) is 16.5. The zero-order valence-electron chi connectivity index (χ0n) is 10.1. The summed E-state index contributed by atoms with van der Waals surface area (Å²) in [6.45, 7) is 2.04. The van der Waals surface area contributed by atoms with Gasteiger partial charge in [0.05, 0.1) is 0 Å². The van der Waals surface area contributed by atoms with E-state index < -0.39 is 0 Å². The van der Waals surface area contributed by atoms with Crippen LogP contribution in [0.2, 0.25) is 0 Å². The summed E-state index contributed by atoms with van der Waals surface area (Å²) in [5, 5.41) is 12.2. The summed E-state index contributed by atoms with van der Waals surface area (Å²) >= 11 is 0. The minimum Gasteiger partial charge on any atom is -0.508 e. The summed E-state index contributed by atoms with van der Waals surface area (Å²) in [5.74, 6) is 0.790. The first-order chi connectivity index (χ1) is 8.15. The lowest BCUT2D eigenvalue weighted by Gasteiger charge is -2.13. The molecule has 0 aromatic heterocycles. The van der Waals surface area contributed by atoms with Gasteiger partial charge < -0.3 is 10.4 Å². The number of carbonyl (C=O) groups is 1. The van der Waals surface area contributed by atoms with E-state index in [-0.39, 0.29) is 17.9 Å². The average Bonchev–Trinajstić information content (AvgIpc) is 3.12. The van der Waals surface area contributed by atoms with Crippen LogP contribution in [0.3, 0.4) is 0 Å². The van der Waals surface area contributed by atoms with Gasteiger partial charge >= 0.3 is 0 Å². The predicted molar refractivity (Wildman–Crippen MR) is 66.8 cm³/mol. The second kappa shape index (κ2) is 5.21. The SMILES string of the molecule is CC(CCc1ccc(O)cc1)NC(=O)C1CC1. The highest BCUT2D eigenvalue weighted by Crippen LogP contribution is 2.29. The Morgan fingerprint density at radius 3 is 2.65 bits per heavy atom. The van der Waals surface area contributed by atoms with E-state index in [4.69, 9.17) is 5.11 Å². The van der Waals surface area contributed by atoms with Crippen molar-refractivity contribution in [3.05, 3.63) is 29.8 Å². The highest BCUT2D eigenvalue weighted by Gasteiger charge is 2.29. The molecule has 1 aromatic carbocycles.